The number of carbonyl (C=O) groups excluding carboxylic acids is 1. The van der Waals surface area contributed by atoms with Crippen LogP contribution in [0.2, 0.25) is 0 Å². The fourth-order valence-electron chi connectivity index (χ4n) is 2.45. The van der Waals surface area contributed by atoms with Crippen LogP contribution < -0.4 is 0 Å². The minimum Gasteiger partial charge on any atom is -0.353 e. The number of carbonyl (C=O) groups is 1. The van der Waals surface area contributed by atoms with Crippen LogP contribution in [0.25, 0.3) is 0 Å². The SMILES string of the molecule is O=CCCCCCCCCCCOC1CCCCO1. The van der Waals surface area contributed by atoms with E-state index in [-0.39, 0.29) is 6.29 Å². The first-order chi connectivity index (χ1) is 9.43. The molecule has 0 amide bonds. The molecule has 3 nitrogen and oxygen atoms in total. The lowest BCUT2D eigenvalue weighted by molar-refractivity contribution is -0.162. The van der Waals surface area contributed by atoms with Gasteiger partial charge in [0, 0.05) is 19.6 Å². The van der Waals surface area contributed by atoms with Gasteiger partial charge in [0.2, 0.25) is 0 Å². The third-order valence-corrected chi connectivity index (χ3v) is 3.66. The fraction of sp³-hybridized carbons (Fsp3) is 0.938. The third-order valence-electron chi connectivity index (χ3n) is 3.66. The molecule has 112 valence electrons. The molecule has 0 saturated carbocycles. The smallest absolute Gasteiger partial charge is 0.157 e. The Morgan fingerprint density at radius 1 is 0.947 bits per heavy atom. The lowest BCUT2D eigenvalue weighted by Crippen LogP contribution is -2.22. The maximum absolute atomic E-state index is 10.1. The molecule has 0 N–H and O–H groups in total. The monoisotopic (exact) mass is 270 g/mol. The summed E-state index contributed by atoms with van der Waals surface area (Å²) in [6.07, 6.45) is 15.3. The third kappa shape index (κ3) is 10.1. The van der Waals surface area contributed by atoms with E-state index in [1.165, 1.54) is 51.4 Å². The summed E-state index contributed by atoms with van der Waals surface area (Å²) in [4.78, 5) is 10.1. The van der Waals surface area contributed by atoms with Crippen LogP contribution in [0.1, 0.15) is 77.0 Å². The molecular formula is C16H30O3. The molecule has 1 heterocycles. The Morgan fingerprint density at radius 3 is 2.26 bits per heavy atom. The van der Waals surface area contributed by atoms with Crippen LogP contribution in [0.3, 0.4) is 0 Å². The molecule has 0 radical (unpaired) electrons. The van der Waals surface area contributed by atoms with E-state index in [1.807, 2.05) is 0 Å². The number of hydrogen-bond acceptors (Lipinski definition) is 3. The molecule has 1 aliphatic heterocycles. The van der Waals surface area contributed by atoms with Gasteiger partial charge < -0.3 is 14.3 Å². The van der Waals surface area contributed by atoms with Gasteiger partial charge in [-0.2, -0.15) is 0 Å². The van der Waals surface area contributed by atoms with Gasteiger partial charge in [-0.1, -0.05) is 38.5 Å². The average molecular weight is 270 g/mol. The van der Waals surface area contributed by atoms with Crippen molar-refractivity contribution < 1.29 is 14.3 Å². The number of unbranched alkanes of at least 4 members (excludes halogenated alkanes) is 8. The predicted molar refractivity (Wildman–Crippen MR) is 77.2 cm³/mol. The van der Waals surface area contributed by atoms with E-state index in [0.29, 0.717) is 0 Å². The molecule has 1 atom stereocenters. The van der Waals surface area contributed by atoms with E-state index in [4.69, 9.17) is 9.47 Å². The number of rotatable bonds is 12. The van der Waals surface area contributed by atoms with E-state index in [9.17, 15) is 4.79 Å². The molecule has 0 spiro atoms. The van der Waals surface area contributed by atoms with Gasteiger partial charge in [0.1, 0.15) is 6.29 Å². The number of ether oxygens (including phenoxy) is 2. The molecule has 1 rings (SSSR count). The normalized spacial score (nSPS) is 19.5. The van der Waals surface area contributed by atoms with Crippen molar-refractivity contribution in [1.29, 1.82) is 0 Å². The Bertz CT molecular complexity index is 200. The molecule has 3 heteroatoms. The van der Waals surface area contributed by atoms with Crippen molar-refractivity contribution in [3.05, 3.63) is 0 Å². The molecule has 1 fully saturated rings. The van der Waals surface area contributed by atoms with Crippen LogP contribution in [0.5, 0.6) is 0 Å². The lowest BCUT2D eigenvalue weighted by atomic mass is 10.1. The second kappa shape index (κ2) is 12.6. The first kappa shape index (κ1) is 16.6. The molecule has 0 aromatic rings. The lowest BCUT2D eigenvalue weighted by Gasteiger charge is -2.22. The van der Waals surface area contributed by atoms with Gasteiger partial charge >= 0.3 is 0 Å². The highest BCUT2D eigenvalue weighted by atomic mass is 16.7. The molecule has 0 aliphatic carbocycles. The number of hydrogen-bond donors (Lipinski definition) is 0. The zero-order chi connectivity index (χ0) is 13.6. The summed E-state index contributed by atoms with van der Waals surface area (Å²) in [6, 6.07) is 0. The van der Waals surface area contributed by atoms with Gasteiger partial charge in [0.05, 0.1) is 0 Å². The van der Waals surface area contributed by atoms with Gasteiger partial charge in [0.25, 0.3) is 0 Å². The highest BCUT2D eigenvalue weighted by Gasteiger charge is 2.13. The summed E-state index contributed by atoms with van der Waals surface area (Å²) in [5.74, 6) is 0. The molecule has 1 unspecified atom stereocenters. The minimum absolute atomic E-state index is 0.0755. The van der Waals surface area contributed by atoms with Crippen LogP contribution in [0.15, 0.2) is 0 Å². The largest absolute Gasteiger partial charge is 0.353 e. The van der Waals surface area contributed by atoms with Crippen LogP contribution in [0.4, 0.5) is 0 Å². The summed E-state index contributed by atoms with van der Waals surface area (Å²) in [6.45, 7) is 1.72. The van der Waals surface area contributed by atoms with E-state index in [1.54, 1.807) is 0 Å². The number of aldehydes is 1. The maximum atomic E-state index is 10.1. The molecule has 0 aromatic heterocycles. The van der Waals surface area contributed by atoms with Crippen LogP contribution >= 0.6 is 0 Å². The van der Waals surface area contributed by atoms with Gasteiger partial charge in [-0.3, -0.25) is 0 Å². The molecular weight excluding hydrogens is 240 g/mol. The Labute approximate surface area is 118 Å². The fourth-order valence-corrected chi connectivity index (χ4v) is 2.45. The van der Waals surface area contributed by atoms with Crippen molar-refractivity contribution >= 4 is 6.29 Å². The van der Waals surface area contributed by atoms with Crippen molar-refractivity contribution in [3.8, 4) is 0 Å². The summed E-state index contributed by atoms with van der Waals surface area (Å²) in [7, 11) is 0. The zero-order valence-corrected chi connectivity index (χ0v) is 12.3. The van der Waals surface area contributed by atoms with Gasteiger partial charge in [-0.15, -0.1) is 0 Å². The van der Waals surface area contributed by atoms with E-state index < -0.39 is 0 Å². The van der Waals surface area contributed by atoms with Crippen molar-refractivity contribution in [2.24, 2.45) is 0 Å². The standard InChI is InChI=1S/C16H30O3/c17-13-9-6-4-2-1-3-5-7-10-14-18-16-12-8-11-15-19-16/h13,16H,1-12,14-15H2. The highest BCUT2D eigenvalue weighted by Crippen LogP contribution is 2.14. The molecule has 1 saturated heterocycles. The van der Waals surface area contributed by atoms with E-state index >= 15 is 0 Å². The Balaban J connectivity index is 1.72. The van der Waals surface area contributed by atoms with Crippen LogP contribution in [-0.2, 0) is 14.3 Å². The second-order valence-electron chi connectivity index (χ2n) is 5.45. The molecule has 1 aliphatic rings. The van der Waals surface area contributed by atoms with Crippen LogP contribution in [0, 0.1) is 0 Å². The van der Waals surface area contributed by atoms with Gasteiger partial charge in [0.15, 0.2) is 6.29 Å². The Morgan fingerprint density at radius 2 is 1.63 bits per heavy atom. The molecule has 0 aromatic carbocycles. The van der Waals surface area contributed by atoms with Crippen LogP contribution in [-0.4, -0.2) is 25.8 Å². The minimum atomic E-state index is 0.0755. The van der Waals surface area contributed by atoms with Gasteiger partial charge in [-0.05, 0) is 32.1 Å². The summed E-state index contributed by atoms with van der Waals surface area (Å²) < 4.78 is 11.2. The second-order valence-corrected chi connectivity index (χ2v) is 5.45. The Kier molecular flexibility index (Phi) is 11.1. The van der Waals surface area contributed by atoms with Crippen molar-refractivity contribution in [3.63, 3.8) is 0 Å². The average Bonchev–Trinajstić information content (AvgIpc) is 2.46. The van der Waals surface area contributed by atoms with Crippen molar-refractivity contribution in [1.82, 2.24) is 0 Å². The quantitative estimate of drug-likeness (QED) is 0.393. The van der Waals surface area contributed by atoms with E-state index in [2.05, 4.69) is 0 Å². The van der Waals surface area contributed by atoms with Crippen molar-refractivity contribution in [2.75, 3.05) is 13.2 Å². The van der Waals surface area contributed by atoms with Gasteiger partial charge in [-0.25, -0.2) is 0 Å². The first-order valence-electron chi connectivity index (χ1n) is 8.10. The highest BCUT2D eigenvalue weighted by molar-refractivity contribution is 5.48. The maximum Gasteiger partial charge on any atom is 0.157 e. The molecule has 19 heavy (non-hydrogen) atoms. The summed E-state index contributed by atoms with van der Waals surface area (Å²) >= 11 is 0. The summed E-state index contributed by atoms with van der Waals surface area (Å²) in [5.41, 5.74) is 0. The predicted octanol–water partition coefficient (Wildman–Crippen LogP) is 4.24. The zero-order valence-electron chi connectivity index (χ0n) is 12.3. The van der Waals surface area contributed by atoms with Crippen molar-refractivity contribution in [2.45, 2.75) is 83.3 Å². The first-order valence-corrected chi connectivity index (χ1v) is 8.10. The summed E-state index contributed by atoms with van der Waals surface area (Å²) in [5, 5.41) is 0. The molecule has 0 bridgehead atoms. The Hall–Kier alpha value is -0.410. The topological polar surface area (TPSA) is 35.5 Å². The van der Waals surface area contributed by atoms with E-state index in [0.717, 1.165) is 45.2 Å².